The molecule has 0 unspecified atom stereocenters. The Morgan fingerprint density at radius 1 is 1.36 bits per heavy atom. The maximum atomic E-state index is 14.0. The van der Waals surface area contributed by atoms with Crippen LogP contribution in [0.25, 0.3) is 0 Å². The van der Waals surface area contributed by atoms with Gasteiger partial charge in [0.25, 0.3) is 0 Å². The van der Waals surface area contributed by atoms with Crippen LogP contribution in [0.2, 0.25) is 0 Å². The molecule has 0 radical (unpaired) electrons. The SMILES string of the molecule is C[C@@H](O)CCC(=O)c1ccncc1Cc1ccc(I)cc1F. The van der Waals surface area contributed by atoms with E-state index < -0.39 is 6.10 Å². The third kappa shape index (κ3) is 4.58. The molecule has 3 nitrogen and oxygen atoms in total. The number of rotatable bonds is 6. The zero-order valence-electron chi connectivity index (χ0n) is 12.2. The van der Waals surface area contributed by atoms with Gasteiger partial charge in [-0.1, -0.05) is 6.07 Å². The lowest BCUT2D eigenvalue weighted by Gasteiger charge is -2.10. The van der Waals surface area contributed by atoms with Crippen LogP contribution in [0.1, 0.15) is 41.3 Å². The van der Waals surface area contributed by atoms with Crippen LogP contribution >= 0.6 is 22.6 Å². The number of aliphatic hydroxyl groups is 1. The molecule has 22 heavy (non-hydrogen) atoms. The topological polar surface area (TPSA) is 50.2 Å². The first-order chi connectivity index (χ1) is 10.5. The fourth-order valence-corrected chi connectivity index (χ4v) is 2.64. The van der Waals surface area contributed by atoms with Crippen molar-refractivity contribution < 1.29 is 14.3 Å². The van der Waals surface area contributed by atoms with Crippen molar-refractivity contribution in [3.63, 3.8) is 0 Å². The molecule has 0 saturated carbocycles. The van der Waals surface area contributed by atoms with Crippen LogP contribution < -0.4 is 0 Å². The lowest BCUT2D eigenvalue weighted by Crippen LogP contribution is -2.09. The molecule has 0 amide bonds. The number of Topliss-reactive ketones (excluding diaryl/α,β-unsaturated/α-hetero) is 1. The maximum Gasteiger partial charge on any atom is 0.163 e. The van der Waals surface area contributed by atoms with Gasteiger partial charge in [0.2, 0.25) is 0 Å². The van der Waals surface area contributed by atoms with Crippen LogP contribution in [-0.4, -0.2) is 22.0 Å². The molecule has 5 heteroatoms. The molecule has 1 aromatic carbocycles. The van der Waals surface area contributed by atoms with E-state index in [1.807, 2.05) is 6.07 Å². The minimum atomic E-state index is -0.511. The van der Waals surface area contributed by atoms with Crippen molar-refractivity contribution in [2.75, 3.05) is 0 Å². The number of benzene rings is 1. The zero-order chi connectivity index (χ0) is 16.1. The first kappa shape index (κ1) is 17.0. The monoisotopic (exact) mass is 413 g/mol. The van der Waals surface area contributed by atoms with E-state index in [1.54, 1.807) is 31.5 Å². The highest BCUT2D eigenvalue weighted by Crippen LogP contribution is 2.19. The summed E-state index contributed by atoms with van der Waals surface area (Å²) < 4.78 is 14.8. The fourth-order valence-electron chi connectivity index (χ4n) is 2.18. The van der Waals surface area contributed by atoms with Crippen LogP contribution in [-0.2, 0) is 6.42 Å². The number of aliphatic hydroxyl groups excluding tert-OH is 1. The summed E-state index contributed by atoms with van der Waals surface area (Å²) in [6, 6.07) is 6.70. The van der Waals surface area contributed by atoms with E-state index in [1.165, 1.54) is 6.07 Å². The average molecular weight is 413 g/mol. The Morgan fingerprint density at radius 2 is 2.14 bits per heavy atom. The second-order valence-electron chi connectivity index (χ2n) is 5.26. The number of nitrogens with zero attached hydrogens (tertiary/aromatic N) is 1. The quantitative estimate of drug-likeness (QED) is 0.580. The summed E-state index contributed by atoms with van der Waals surface area (Å²) in [5.41, 5.74) is 1.80. The molecule has 1 heterocycles. The summed E-state index contributed by atoms with van der Waals surface area (Å²) in [6.07, 6.45) is 3.66. The van der Waals surface area contributed by atoms with Crippen LogP contribution in [0.3, 0.4) is 0 Å². The first-order valence-electron chi connectivity index (χ1n) is 7.05. The Kier molecular flexibility index (Phi) is 6.02. The second-order valence-corrected chi connectivity index (χ2v) is 6.50. The number of carbonyl (C=O) groups is 1. The minimum Gasteiger partial charge on any atom is -0.393 e. The number of pyridine rings is 1. The molecule has 1 N–H and O–H groups in total. The van der Waals surface area contributed by atoms with Gasteiger partial charge in [-0.3, -0.25) is 9.78 Å². The number of halogens is 2. The molecule has 0 fully saturated rings. The van der Waals surface area contributed by atoms with Crippen molar-refractivity contribution in [1.29, 1.82) is 0 Å². The van der Waals surface area contributed by atoms with Gasteiger partial charge in [-0.25, -0.2) is 4.39 Å². The summed E-state index contributed by atoms with van der Waals surface area (Å²) in [5, 5.41) is 9.30. The van der Waals surface area contributed by atoms with Gasteiger partial charge in [-0.05, 0) is 65.3 Å². The van der Waals surface area contributed by atoms with Crippen LogP contribution in [0.5, 0.6) is 0 Å². The van der Waals surface area contributed by atoms with Gasteiger partial charge in [-0.2, -0.15) is 0 Å². The summed E-state index contributed by atoms with van der Waals surface area (Å²) in [6.45, 7) is 1.65. The molecule has 0 aliphatic rings. The standard InChI is InChI=1S/C17H17FINO2/c1-11(21)2-5-17(22)15-6-7-20-10-13(15)8-12-3-4-14(19)9-16(12)18/h3-4,6-7,9-11,21H,2,5,8H2,1H3/t11-/m1/s1. The van der Waals surface area contributed by atoms with Crippen molar-refractivity contribution in [1.82, 2.24) is 4.98 Å². The number of hydrogen-bond donors (Lipinski definition) is 1. The van der Waals surface area contributed by atoms with Gasteiger partial charge in [0, 0.05) is 34.4 Å². The molecule has 2 aromatic rings. The number of hydrogen-bond acceptors (Lipinski definition) is 3. The molecule has 2 rings (SSSR count). The van der Waals surface area contributed by atoms with Gasteiger partial charge >= 0.3 is 0 Å². The highest BCUT2D eigenvalue weighted by molar-refractivity contribution is 14.1. The van der Waals surface area contributed by atoms with Crippen molar-refractivity contribution in [2.45, 2.75) is 32.3 Å². The predicted molar refractivity (Wildman–Crippen MR) is 91.4 cm³/mol. The first-order valence-corrected chi connectivity index (χ1v) is 8.13. The molecule has 116 valence electrons. The van der Waals surface area contributed by atoms with Crippen LogP contribution in [0.4, 0.5) is 4.39 Å². The van der Waals surface area contributed by atoms with E-state index in [0.717, 1.165) is 3.57 Å². The van der Waals surface area contributed by atoms with E-state index in [4.69, 9.17) is 0 Å². The lowest BCUT2D eigenvalue weighted by molar-refractivity contribution is 0.0948. The summed E-state index contributed by atoms with van der Waals surface area (Å²) in [7, 11) is 0. The Labute approximate surface area is 142 Å². The Balaban J connectivity index is 2.22. The smallest absolute Gasteiger partial charge is 0.163 e. The van der Waals surface area contributed by atoms with Crippen LogP contribution in [0, 0.1) is 9.39 Å². The second kappa shape index (κ2) is 7.78. The van der Waals surface area contributed by atoms with Gasteiger partial charge in [0.15, 0.2) is 5.78 Å². The summed E-state index contributed by atoms with van der Waals surface area (Å²) in [4.78, 5) is 16.3. The number of carbonyl (C=O) groups excluding carboxylic acids is 1. The number of ketones is 1. The molecule has 0 bridgehead atoms. The summed E-state index contributed by atoms with van der Waals surface area (Å²) >= 11 is 2.06. The normalized spacial score (nSPS) is 12.2. The molecule has 0 aliphatic carbocycles. The Morgan fingerprint density at radius 3 is 2.82 bits per heavy atom. The molecular formula is C17H17FINO2. The van der Waals surface area contributed by atoms with Gasteiger partial charge < -0.3 is 5.11 Å². The Bertz CT molecular complexity index is 673. The zero-order valence-corrected chi connectivity index (χ0v) is 14.4. The Hall–Kier alpha value is -1.34. The highest BCUT2D eigenvalue weighted by atomic mass is 127. The highest BCUT2D eigenvalue weighted by Gasteiger charge is 2.14. The molecular weight excluding hydrogens is 396 g/mol. The van der Waals surface area contributed by atoms with Crippen molar-refractivity contribution >= 4 is 28.4 Å². The van der Waals surface area contributed by atoms with Crippen molar-refractivity contribution in [2.24, 2.45) is 0 Å². The van der Waals surface area contributed by atoms with E-state index in [0.29, 0.717) is 29.5 Å². The third-order valence-electron chi connectivity index (χ3n) is 3.39. The predicted octanol–water partition coefficient (Wildman–Crippen LogP) is 3.76. The molecule has 0 saturated heterocycles. The fraction of sp³-hybridized carbons (Fsp3) is 0.294. The van der Waals surface area contributed by atoms with Crippen molar-refractivity contribution in [3.05, 3.63) is 62.7 Å². The van der Waals surface area contributed by atoms with Crippen molar-refractivity contribution in [3.8, 4) is 0 Å². The van der Waals surface area contributed by atoms with E-state index in [2.05, 4.69) is 27.6 Å². The van der Waals surface area contributed by atoms with E-state index >= 15 is 0 Å². The molecule has 0 aliphatic heterocycles. The van der Waals surface area contributed by atoms with Gasteiger partial charge in [0.1, 0.15) is 5.82 Å². The van der Waals surface area contributed by atoms with Gasteiger partial charge in [-0.15, -0.1) is 0 Å². The summed E-state index contributed by atoms with van der Waals surface area (Å²) in [5.74, 6) is -0.331. The van der Waals surface area contributed by atoms with Gasteiger partial charge in [0.05, 0.1) is 6.10 Å². The third-order valence-corrected chi connectivity index (χ3v) is 4.06. The molecule has 1 atom stereocenters. The maximum absolute atomic E-state index is 14.0. The lowest BCUT2D eigenvalue weighted by atomic mass is 9.96. The minimum absolute atomic E-state index is 0.0516. The van der Waals surface area contributed by atoms with E-state index in [-0.39, 0.29) is 18.0 Å². The molecule has 1 aromatic heterocycles. The average Bonchev–Trinajstić information content (AvgIpc) is 2.48. The van der Waals surface area contributed by atoms with Crippen LogP contribution in [0.15, 0.2) is 36.7 Å². The molecule has 0 spiro atoms. The van der Waals surface area contributed by atoms with E-state index in [9.17, 15) is 14.3 Å². The largest absolute Gasteiger partial charge is 0.393 e. The number of aromatic nitrogens is 1.